The molecule has 0 saturated heterocycles. The van der Waals surface area contributed by atoms with E-state index in [2.05, 4.69) is 15.4 Å². The highest BCUT2D eigenvalue weighted by Gasteiger charge is 2.42. The number of hydrogen-bond donors (Lipinski definition) is 1. The molecule has 1 saturated carbocycles. The summed E-state index contributed by atoms with van der Waals surface area (Å²) in [6, 6.07) is 24.3. The number of halogens is 1. The number of ether oxygens (including phenoxy) is 3. The minimum Gasteiger partial charge on any atom is -0.497 e. The molecule has 280 valence electrons. The van der Waals surface area contributed by atoms with Crippen molar-refractivity contribution >= 4 is 42.5 Å². The maximum atomic E-state index is 15.4. The minimum absolute atomic E-state index is 0.0351. The van der Waals surface area contributed by atoms with Crippen LogP contribution in [-0.4, -0.2) is 79.6 Å². The van der Waals surface area contributed by atoms with Gasteiger partial charge in [-0.25, -0.2) is 16.8 Å². The number of hydrogen-bond acceptors (Lipinski definition) is 11. The van der Waals surface area contributed by atoms with E-state index in [0.717, 1.165) is 5.56 Å². The van der Waals surface area contributed by atoms with Crippen molar-refractivity contribution in [1.29, 1.82) is 0 Å². The molecule has 2 atom stereocenters. The summed E-state index contributed by atoms with van der Waals surface area (Å²) in [5, 5.41) is 22.1. The highest BCUT2D eigenvalue weighted by atomic mass is 127. The van der Waals surface area contributed by atoms with Crippen LogP contribution in [0.3, 0.4) is 0 Å². The zero-order chi connectivity index (χ0) is 37.8. The van der Waals surface area contributed by atoms with Crippen molar-refractivity contribution in [3.63, 3.8) is 0 Å². The van der Waals surface area contributed by atoms with Gasteiger partial charge < -0.3 is 19.3 Å². The van der Waals surface area contributed by atoms with Gasteiger partial charge >= 0.3 is 0 Å². The van der Waals surface area contributed by atoms with Crippen molar-refractivity contribution in [2.45, 2.75) is 53.9 Å². The van der Waals surface area contributed by atoms with Gasteiger partial charge in [0.1, 0.15) is 22.1 Å². The Kier molecular flexibility index (Phi) is 12.0. The van der Waals surface area contributed by atoms with Gasteiger partial charge in [0.25, 0.3) is 0 Å². The Balaban J connectivity index is 1.51. The lowest BCUT2D eigenvalue weighted by atomic mass is 10.1. The van der Waals surface area contributed by atoms with E-state index in [4.69, 9.17) is 14.2 Å². The normalized spacial score (nSPS) is 16.2. The van der Waals surface area contributed by atoms with Crippen molar-refractivity contribution in [2.24, 2.45) is 5.92 Å². The predicted octanol–water partition coefficient (Wildman–Crippen LogP) is 5.34. The Hall–Kier alpha value is -4.10. The summed E-state index contributed by atoms with van der Waals surface area (Å²) in [6.07, 6.45) is 1.03. The van der Waals surface area contributed by atoms with E-state index in [1.807, 2.05) is 34.7 Å². The summed E-state index contributed by atoms with van der Waals surface area (Å²) in [4.78, 5) is 0.584. The molecular weight excluding hydrogens is 833 g/mol. The standard InChI is InChI=1S/C37H40IN5O8S2/c1-49-29-11-4-25(5-12-29)21-42(22-26-6-13-30(50-2)14-7-26)53(47,48)36-34(52(45,46)32-17-10-28(20-32)24-44)19-18-33(38)35(36)37-39-41-43(40-37)23-27-8-15-31(51-3)16-9-27/h4-9,11-16,18-19,28,32,44H,10,17,20-24H2,1-3H3/t28-,32+/m0/s1. The largest absolute Gasteiger partial charge is 0.497 e. The van der Waals surface area contributed by atoms with E-state index < -0.39 is 30.0 Å². The molecule has 0 bridgehead atoms. The fourth-order valence-electron chi connectivity index (χ4n) is 6.41. The average Bonchev–Trinajstić information content (AvgIpc) is 3.86. The van der Waals surface area contributed by atoms with Crippen LogP contribution < -0.4 is 14.2 Å². The fraction of sp³-hybridized carbons (Fsp3) is 0.324. The maximum absolute atomic E-state index is 15.4. The quantitative estimate of drug-likeness (QED) is 0.135. The molecule has 4 aromatic carbocycles. The number of rotatable bonds is 15. The third kappa shape index (κ3) is 8.51. The van der Waals surface area contributed by atoms with Gasteiger partial charge in [0.05, 0.1) is 43.6 Å². The summed E-state index contributed by atoms with van der Waals surface area (Å²) in [5.74, 6) is 1.66. The lowest BCUT2D eigenvalue weighted by Gasteiger charge is -2.26. The number of tetrazole rings is 1. The lowest BCUT2D eigenvalue weighted by Crippen LogP contribution is -2.33. The molecular formula is C37H40IN5O8S2. The van der Waals surface area contributed by atoms with Crippen LogP contribution in [0.4, 0.5) is 0 Å². The van der Waals surface area contributed by atoms with Crippen molar-refractivity contribution < 1.29 is 36.2 Å². The third-order valence-electron chi connectivity index (χ3n) is 9.36. The average molecular weight is 874 g/mol. The molecule has 0 unspecified atom stereocenters. The number of sulfone groups is 1. The highest BCUT2D eigenvalue weighted by Crippen LogP contribution is 2.42. The molecule has 5 aromatic rings. The van der Waals surface area contributed by atoms with Crippen molar-refractivity contribution in [3.8, 4) is 28.6 Å². The Morgan fingerprint density at radius 2 is 1.30 bits per heavy atom. The molecule has 53 heavy (non-hydrogen) atoms. The highest BCUT2D eigenvalue weighted by molar-refractivity contribution is 14.1. The van der Waals surface area contributed by atoms with Crippen molar-refractivity contribution in [1.82, 2.24) is 24.5 Å². The van der Waals surface area contributed by atoms with E-state index in [0.29, 0.717) is 44.8 Å². The summed E-state index contributed by atoms with van der Waals surface area (Å²) in [6.45, 7) is -0.0973. The van der Waals surface area contributed by atoms with Gasteiger partial charge in [-0.15, -0.1) is 10.2 Å². The molecule has 1 heterocycles. The second-order valence-electron chi connectivity index (χ2n) is 12.7. The van der Waals surface area contributed by atoms with Crippen LogP contribution in [0.1, 0.15) is 36.0 Å². The maximum Gasteiger partial charge on any atom is 0.245 e. The summed E-state index contributed by atoms with van der Waals surface area (Å²) >= 11 is 1.99. The number of aliphatic hydroxyl groups excluding tert-OH is 1. The predicted molar refractivity (Wildman–Crippen MR) is 206 cm³/mol. The van der Waals surface area contributed by atoms with E-state index in [9.17, 15) is 13.5 Å². The van der Waals surface area contributed by atoms with E-state index in [1.165, 1.54) is 15.2 Å². The molecule has 1 aliphatic rings. The molecule has 1 aliphatic carbocycles. The molecule has 13 nitrogen and oxygen atoms in total. The van der Waals surface area contributed by atoms with Crippen LogP contribution in [0.5, 0.6) is 17.2 Å². The zero-order valence-electron chi connectivity index (χ0n) is 29.4. The zero-order valence-corrected chi connectivity index (χ0v) is 33.2. The Labute approximate surface area is 323 Å². The van der Waals surface area contributed by atoms with Gasteiger partial charge in [-0.1, -0.05) is 36.4 Å². The summed E-state index contributed by atoms with van der Waals surface area (Å²) in [5.41, 5.74) is 2.20. The van der Waals surface area contributed by atoms with Crippen LogP contribution in [-0.2, 0) is 39.5 Å². The molecule has 0 spiro atoms. The molecule has 16 heteroatoms. The van der Waals surface area contributed by atoms with Crippen molar-refractivity contribution in [3.05, 3.63) is 105 Å². The second kappa shape index (κ2) is 16.5. The Morgan fingerprint density at radius 3 is 1.79 bits per heavy atom. The first-order chi connectivity index (χ1) is 25.5. The first kappa shape index (κ1) is 38.6. The molecule has 6 rings (SSSR count). The number of sulfonamides is 1. The Bertz CT molecular complexity index is 2200. The summed E-state index contributed by atoms with van der Waals surface area (Å²) in [7, 11) is -4.21. The fourth-order valence-corrected chi connectivity index (χ4v) is 11.6. The monoisotopic (exact) mass is 873 g/mol. The SMILES string of the molecule is COc1ccc(CN(Cc2ccc(OC)cc2)S(=O)(=O)c2c(S(=O)(=O)[C@@H]3CC[C@H](CO)C3)ccc(I)c2-c2nnn(Cc3ccc(OC)cc3)n2)cc1. The molecule has 0 amide bonds. The van der Waals surface area contributed by atoms with Crippen LogP contribution in [0, 0.1) is 9.49 Å². The first-order valence-electron chi connectivity index (χ1n) is 16.8. The minimum atomic E-state index is -4.64. The van der Waals surface area contributed by atoms with Gasteiger partial charge in [0.2, 0.25) is 15.8 Å². The molecule has 1 aromatic heterocycles. The lowest BCUT2D eigenvalue weighted by molar-refractivity contribution is 0.230. The Morgan fingerprint density at radius 1 is 0.774 bits per heavy atom. The molecule has 0 aliphatic heterocycles. The van der Waals surface area contributed by atoms with Crippen LogP contribution in [0.2, 0.25) is 0 Å². The molecule has 1 fully saturated rings. The van der Waals surface area contributed by atoms with Gasteiger partial charge in [-0.2, -0.15) is 9.10 Å². The van der Waals surface area contributed by atoms with Crippen LogP contribution >= 0.6 is 22.6 Å². The molecule has 0 radical (unpaired) electrons. The van der Waals surface area contributed by atoms with Crippen LogP contribution in [0.15, 0.2) is 94.7 Å². The van der Waals surface area contributed by atoms with Gasteiger partial charge in [-0.05, 0) is 118 Å². The third-order valence-corrected chi connectivity index (χ3v) is 14.5. The van der Waals surface area contributed by atoms with Gasteiger partial charge in [-0.3, -0.25) is 0 Å². The number of aromatic nitrogens is 4. The van der Waals surface area contributed by atoms with Gasteiger partial charge in [0.15, 0.2) is 9.84 Å². The number of aliphatic hydroxyl groups is 1. The number of methoxy groups -OCH3 is 3. The topological polar surface area (TPSA) is 163 Å². The smallest absolute Gasteiger partial charge is 0.245 e. The number of benzene rings is 4. The van der Waals surface area contributed by atoms with E-state index in [1.54, 1.807) is 88.1 Å². The van der Waals surface area contributed by atoms with Gasteiger partial charge in [0, 0.05) is 23.3 Å². The van der Waals surface area contributed by atoms with Crippen LogP contribution in [0.25, 0.3) is 11.4 Å². The molecule has 1 N–H and O–H groups in total. The van der Waals surface area contributed by atoms with E-state index >= 15 is 8.42 Å². The summed E-state index contributed by atoms with van der Waals surface area (Å²) < 4.78 is 77.5. The number of nitrogens with zero attached hydrogens (tertiary/aromatic N) is 5. The van der Waals surface area contributed by atoms with Crippen molar-refractivity contribution in [2.75, 3.05) is 27.9 Å². The first-order valence-corrected chi connectivity index (χ1v) is 20.9. The van der Waals surface area contributed by atoms with E-state index in [-0.39, 0.29) is 54.9 Å². The second-order valence-corrected chi connectivity index (χ2v) is 18.0.